The van der Waals surface area contributed by atoms with Crippen LogP contribution in [0, 0.1) is 18.8 Å². The lowest BCUT2D eigenvalue weighted by Gasteiger charge is -2.08. The molecule has 1 aliphatic rings. The van der Waals surface area contributed by atoms with E-state index in [1.807, 2.05) is 25.1 Å². The summed E-state index contributed by atoms with van der Waals surface area (Å²) in [4.78, 5) is 27.5. The lowest BCUT2D eigenvalue weighted by atomic mass is 10.0. The van der Waals surface area contributed by atoms with Gasteiger partial charge in [-0.3, -0.25) is 9.59 Å². The van der Waals surface area contributed by atoms with E-state index in [2.05, 4.69) is 10.3 Å². The van der Waals surface area contributed by atoms with Gasteiger partial charge in [0, 0.05) is 5.92 Å². The number of carboxylic acids is 1. The van der Waals surface area contributed by atoms with Crippen molar-refractivity contribution in [2.75, 3.05) is 5.32 Å². The molecule has 21 heavy (non-hydrogen) atoms. The average molecular weight is 304 g/mol. The smallest absolute Gasteiger partial charge is 0.306 e. The van der Waals surface area contributed by atoms with Gasteiger partial charge >= 0.3 is 5.97 Å². The van der Waals surface area contributed by atoms with Gasteiger partial charge in [-0.15, -0.1) is 0 Å². The molecule has 0 unspecified atom stereocenters. The number of anilines is 1. The average Bonchev–Trinajstić information content (AvgIpc) is 3.03. The first-order valence-corrected chi connectivity index (χ1v) is 7.75. The minimum Gasteiger partial charge on any atom is -0.481 e. The maximum atomic E-state index is 12.2. The predicted molar refractivity (Wildman–Crippen MR) is 81.5 cm³/mol. The molecule has 1 fully saturated rings. The van der Waals surface area contributed by atoms with Gasteiger partial charge in [0.2, 0.25) is 5.91 Å². The summed E-state index contributed by atoms with van der Waals surface area (Å²) in [5.41, 5.74) is 2.03. The normalized spacial score (nSPS) is 21.6. The van der Waals surface area contributed by atoms with Crippen molar-refractivity contribution < 1.29 is 14.7 Å². The van der Waals surface area contributed by atoms with E-state index < -0.39 is 11.9 Å². The Balaban J connectivity index is 1.70. The number of carbonyl (C=O) groups excluding carboxylic acids is 1. The molecule has 6 heteroatoms. The number of aromatic nitrogens is 1. The molecular formula is C15H16N2O3S. The highest BCUT2D eigenvalue weighted by Crippen LogP contribution is 2.33. The minimum absolute atomic E-state index is 0.116. The summed E-state index contributed by atoms with van der Waals surface area (Å²) in [5.74, 6) is -1.53. The Hall–Kier alpha value is -1.95. The highest BCUT2D eigenvalue weighted by molar-refractivity contribution is 7.22. The van der Waals surface area contributed by atoms with Crippen molar-refractivity contribution in [1.29, 1.82) is 0 Å². The lowest BCUT2D eigenvalue weighted by molar-refractivity contribution is -0.141. The van der Waals surface area contributed by atoms with Crippen molar-refractivity contribution in [3.8, 4) is 0 Å². The fraction of sp³-hybridized carbons (Fsp3) is 0.400. The molecule has 2 atom stereocenters. The van der Waals surface area contributed by atoms with Gasteiger partial charge in [0.05, 0.1) is 16.1 Å². The van der Waals surface area contributed by atoms with Crippen LogP contribution in [0.4, 0.5) is 5.13 Å². The Kier molecular flexibility index (Phi) is 3.63. The third-order valence-electron chi connectivity index (χ3n) is 3.93. The molecule has 1 amide bonds. The van der Waals surface area contributed by atoms with Crippen LogP contribution in [-0.4, -0.2) is 22.0 Å². The number of carboxylic acid groups (broad SMARTS) is 1. The predicted octanol–water partition coefficient (Wildman–Crippen LogP) is 3.04. The summed E-state index contributed by atoms with van der Waals surface area (Å²) < 4.78 is 1.04. The van der Waals surface area contributed by atoms with Crippen LogP contribution in [0.1, 0.15) is 24.8 Å². The van der Waals surface area contributed by atoms with Crippen LogP contribution in [0.15, 0.2) is 18.2 Å². The summed E-state index contributed by atoms with van der Waals surface area (Å²) in [5, 5.41) is 12.4. The number of amides is 1. The first kappa shape index (κ1) is 14.0. The molecular weight excluding hydrogens is 288 g/mol. The first-order chi connectivity index (χ1) is 10.0. The number of aliphatic carboxylic acids is 1. The summed E-state index contributed by atoms with van der Waals surface area (Å²) >= 11 is 1.45. The second-order valence-electron chi connectivity index (χ2n) is 5.52. The third-order valence-corrected chi connectivity index (χ3v) is 4.86. The number of benzene rings is 1. The zero-order chi connectivity index (χ0) is 15.0. The molecule has 1 aliphatic carbocycles. The molecule has 5 nitrogen and oxygen atoms in total. The zero-order valence-corrected chi connectivity index (χ0v) is 12.4. The molecule has 1 aromatic heterocycles. The van der Waals surface area contributed by atoms with Crippen LogP contribution in [0.5, 0.6) is 0 Å². The van der Waals surface area contributed by atoms with Gasteiger partial charge in [-0.1, -0.05) is 17.4 Å². The van der Waals surface area contributed by atoms with E-state index in [4.69, 9.17) is 5.11 Å². The second-order valence-corrected chi connectivity index (χ2v) is 6.56. The maximum Gasteiger partial charge on any atom is 0.306 e. The Labute approximate surface area is 126 Å². The second kappa shape index (κ2) is 5.44. The Morgan fingerprint density at radius 3 is 2.81 bits per heavy atom. The van der Waals surface area contributed by atoms with E-state index in [1.165, 1.54) is 11.3 Å². The lowest BCUT2D eigenvalue weighted by Crippen LogP contribution is -2.21. The summed E-state index contributed by atoms with van der Waals surface area (Å²) in [7, 11) is 0. The van der Waals surface area contributed by atoms with Crippen LogP contribution in [0.25, 0.3) is 10.2 Å². The standard InChI is InChI=1S/C15H16N2O3S/c1-8-2-5-11-12(6-8)21-15(16-11)17-13(18)9-3-4-10(7-9)14(19)20/h2,5-6,9-10H,3-4,7H2,1H3,(H,19,20)(H,16,17,18)/t9-,10+/m1/s1. The third kappa shape index (κ3) is 2.90. The Morgan fingerprint density at radius 2 is 2.10 bits per heavy atom. The molecule has 3 rings (SSSR count). The highest BCUT2D eigenvalue weighted by atomic mass is 32.1. The molecule has 110 valence electrons. The number of rotatable bonds is 3. The zero-order valence-electron chi connectivity index (χ0n) is 11.6. The number of fused-ring (bicyclic) bond motifs is 1. The summed E-state index contributed by atoms with van der Waals surface area (Å²) in [6.45, 7) is 2.02. The van der Waals surface area contributed by atoms with Crippen LogP contribution < -0.4 is 5.32 Å². The molecule has 1 aromatic carbocycles. The van der Waals surface area contributed by atoms with Gasteiger partial charge in [0.15, 0.2) is 5.13 Å². The Morgan fingerprint density at radius 1 is 1.33 bits per heavy atom. The number of hydrogen-bond donors (Lipinski definition) is 2. The van der Waals surface area contributed by atoms with Crippen LogP contribution in [0.3, 0.4) is 0 Å². The first-order valence-electron chi connectivity index (χ1n) is 6.94. The van der Waals surface area contributed by atoms with E-state index in [9.17, 15) is 9.59 Å². The quantitative estimate of drug-likeness (QED) is 0.913. The number of hydrogen-bond acceptors (Lipinski definition) is 4. The van der Waals surface area contributed by atoms with Crippen molar-refractivity contribution in [3.63, 3.8) is 0 Å². The molecule has 2 aromatic rings. The summed E-state index contributed by atoms with van der Waals surface area (Å²) in [6.07, 6.45) is 1.63. The van der Waals surface area contributed by atoms with Crippen LogP contribution in [0.2, 0.25) is 0 Å². The molecule has 0 radical (unpaired) electrons. The van der Waals surface area contributed by atoms with Gasteiger partial charge in [-0.05, 0) is 43.9 Å². The molecule has 1 heterocycles. The van der Waals surface area contributed by atoms with E-state index in [0.717, 1.165) is 15.8 Å². The molecule has 1 saturated carbocycles. The monoisotopic (exact) mass is 304 g/mol. The fourth-order valence-electron chi connectivity index (χ4n) is 2.74. The number of carbonyl (C=O) groups is 2. The highest BCUT2D eigenvalue weighted by Gasteiger charge is 2.34. The largest absolute Gasteiger partial charge is 0.481 e. The Bertz CT molecular complexity index is 710. The van der Waals surface area contributed by atoms with Gasteiger partial charge < -0.3 is 10.4 Å². The molecule has 0 saturated heterocycles. The van der Waals surface area contributed by atoms with Crippen molar-refractivity contribution in [2.24, 2.45) is 11.8 Å². The van der Waals surface area contributed by atoms with Gasteiger partial charge in [0.25, 0.3) is 0 Å². The fourth-order valence-corrected chi connectivity index (χ4v) is 3.70. The number of thiazole rings is 1. The van der Waals surface area contributed by atoms with E-state index in [-0.39, 0.29) is 11.8 Å². The number of aryl methyl sites for hydroxylation is 1. The van der Waals surface area contributed by atoms with Crippen molar-refractivity contribution in [2.45, 2.75) is 26.2 Å². The van der Waals surface area contributed by atoms with Gasteiger partial charge in [-0.2, -0.15) is 0 Å². The van der Waals surface area contributed by atoms with Crippen molar-refractivity contribution in [1.82, 2.24) is 4.98 Å². The van der Waals surface area contributed by atoms with Crippen molar-refractivity contribution >= 4 is 38.6 Å². The molecule has 0 spiro atoms. The topological polar surface area (TPSA) is 79.3 Å². The van der Waals surface area contributed by atoms with Gasteiger partial charge in [0.1, 0.15) is 0 Å². The summed E-state index contributed by atoms with van der Waals surface area (Å²) in [6, 6.07) is 5.97. The minimum atomic E-state index is -0.805. The van der Waals surface area contributed by atoms with E-state index in [1.54, 1.807) is 0 Å². The molecule has 0 aliphatic heterocycles. The number of nitrogens with one attached hydrogen (secondary N) is 1. The number of nitrogens with zero attached hydrogens (tertiary/aromatic N) is 1. The van der Waals surface area contributed by atoms with E-state index in [0.29, 0.717) is 24.4 Å². The molecule has 2 N–H and O–H groups in total. The van der Waals surface area contributed by atoms with Crippen molar-refractivity contribution in [3.05, 3.63) is 23.8 Å². The van der Waals surface area contributed by atoms with Gasteiger partial charge in [-0.25, -0.2) is 4.98 Å². The van der Waals surface area contributed by atoms with Crippen LogP contribution >= 0.6 is 11.3 Å². The SMILES string of the molecule is Cc1ccc2nc(NC(=O)[C@@H]3CC[C@H](C(=O)O)C3)sc2c1. The van der Waals surface area contributed by atoms with E-state index >= 15 is 0 Å². The maximum absolute atomic E-state index is 12.2. The molecule has 0 bridgehead atoms. The van der Waals surface area contributed by atoms with Crippen LogP contribution in [-0.2, 0) is 9.59 Å².